The van der Waals surface area contributed by atoms with E-state index in [1.54, 1.807) is 0 Å². The molecule has 0 aliphatic heterocycles. The lowest BCUT2D eigenvalue weighted by molar-refractivity contribution is 0.301. The third-order valence-corrected chi connectivity index (χ3v) is 4.37. The minimum atomic E-state index is 0.550. The first-order chi connectivity index (χ1) is 9.36. The Morgan fingerprint density at radius 3 is 2.95 bits per heavy atom. The molecule has 0 amide bonds. The topological polar surface area (TPSA) is 21.3 Å². The Morgan fingerprint density at radius 2 is 2.16 bits per heavy atom. The van der Waals surface area contributed by atoms with E-state index < -0.39 is 0 Å². The summed E-state index contributed by atoms with van der Waals surface area (Å²) in [7, 11) is 0. The van der Waals surface area contributed by atoms with Crippen molar-refractivity contribution in [1.29, 1.82) is 0 Å². The number of nitrogens with one attached hydrogen (secondary N) is 1. The van der Waals surface area contributed by atoms with Crippen LogP contribution in [0.5, 0.6) is 5.75 Å². The molecule has 0 radical (unpaired) electrons. The van der Waals surface area contributed by atoms with Gasteiger partial charge in [-0.05, 0) is 61.4 Å². The highest BCUT2D eigenvalue weighted by molar-refractivity contribution is 5.39. The predicted molar refractivity (Wildman–Crippen MR) is 78.6 cm³/mol. The number of fused-ring (bicyclic) bond motifs is 1. The molecule has 2 aliphatic carbocycles. The summed E-state index contributed by atoms with van der Waals surface area (Å²) in [4.78, 5) is 0. The molecule has 2 heteroatoms. The van der Waals surface area contributed by atoms with Gasteiger partial charge in [0.1, 0.15) is 5.75 Å². The molecule has 1 saturated carbocycles. The Morgan fingerprint density at radius 1 is 1.26 bits per heavy atom. The summed E-state index contributed by atoms with van der Waals surface area (Å²) >= 11 is 0. The Hall–Kier alpha value is -1.02. The monoisotopic (exact) mass is 259 g/mol. The van der Waals surface area contributed by atoms with Crippen LogP contribution in [0.2, 0.25) is 0 Å². The average Bonchev–Trinajstić information content (AvgIpc) is 3.23. The highest BCUT2D eigenvalue weighted by atomic mass is 16.5. The van der Waals surface area contributed by atoms with Gasteiger partial charge in [0.25, 0.3) is 0 Å². The minimum Gasteiger partial charge on any atom is -0.494 e. The van der Waals surface area contributed by atoms with E-state index in [0.29, 0.717) is 6.04 Å². The zero-order valence-electron chi connectivity index (χ0n) is 12.0. The molecular weight excluding hydrogens is 234 g/mol. The average molecular weight is 259 g/mol. The zero-order valence-corrected chi connectivity index (χ0v) is 12.0. The third-order valence-electron chi connectivity index (χ3n) is 4.37. The van der Waals surface area contributed by atoms with Gasteiger partial charge in [0.05, 0.1) is 6.61 Å². The minimum absolute atomic E-state index is 0.550. The van der Waals surface area contributed by atoms with E-state index in [9.17, 15) is 0 Å². The van der Waals surface area contributed by atoms with Crippen molar-refractivity contribution in [1.82, 2.24) is 5.32 Å². The van der Waals surface area contributed by atoms with Crippen molar-refractivity contribution in [2.45, 2.75) is 51.5 Å². The Balaban J connectivity index is 1.64. The van der Waals surface area contributed by atoms with Gasteiger partial charge in [-0.2, -0.15) is 0 Å². The maximum atomic E-state index is 5.90. The van der Waals surface area contributed by atoms with Gasteiger partial charge < -0.3 is 10.1 Å². The highest BCUT2D eigenvalue weighted by Crippen LogP contribution is 2.34. The second-order valence-electron chi connectivity index (χ2n) is 5.94. The Bertz CT molecular complexity index is 425. The smallest absolute Gasteiger partial charge is 0.119 e. The van der Waals surface area contributed by atoms with Crippen LogP contribution in [-0.2, 0) is 6.42 Å². The summed E-state index contributed by atoms with van der Waals surface area (Å²) in [6.45, 7) is 4.12. The van der Waals surface area contributed by atoms with Gasteiger partial charge in [0, 0.05) is 6.04 Å². The molecule has 2 nitrogen and oxygen atoms in total. The van der Waals surface area contributed by atoms with Crippen LogP contribution in [-0.4, -0.2) is 13.2 Å². The molecule has 1 fully saturated rings. The molecule has 0 saturated heterocycles. The number of rotatable bonds is 6. The van der Waals surface area contributed by atoms with Gasteiger partial charge >= 0.3 is 0 Å². The lowest BCUT2D eigenvalue weighted by atomic mass is 9.87. The number of benzene rings is 1. The largest absolute Gasteiger partial charge is 0.494 e. The van der Waals surface area contributed by atoms with Gasteiger partial charge in [-0.15, -0.1) is 0 Å². The maximum Gasteiger partial charge on any atom is 0.119 e. The molecule has 0 bridgehead atoms. The van der Waals surface area contributed by atoms with Crippen LogP contribution < -0.4 is 10.1 Å². The quantitative estimate of drug-likeness (QED) is 0.837. The molecule has 1 aromatic carbocycles. The van der Waals surface area contributed by atoms with Crippen molar-refractivity contribution in [3.8, 4) is 5.75 Å². The van der Waals surface area contributed by atoms with Crippen LogP contribution in [0.1, 0.15) is 56.2 Å². The van der Waals surface area contributed by atoms with Crippen molar-refractivity contribution >= 4 is 0 Å². The molecule has 2 aliphatic rings. The van der Waals surface area contributed by atoms with Crippen LogP contribution in [0.3, 0.4) is 0 Å². The summed E-state index contributed by atoms with van der Waals surface area (Å²) in [6.07, 6.45) is 7.82. The van der Waals surface area contributed by atoms with Gasteiger partial charge in [-0.1, -0.05) is 25.8 Å². The molecule has 1 unspecified atom stereocenters. The Labute approximate surface area is 116 Å². The van der Waals surface area contributed by atoms with E-state index in [0.717, 1.165) is 24.8 Å². The number of aryl methyl sites for hydroxylation is 1. The summed E-state index contributed by atoms with van der Waals surface area (Å²) in [6, 6.07) is 7.25. The summed E-state index contributed by atoms with van der Waals surface area (Å²) in [5, 5.41) is 3.59. The van der Waals surface area contributed by atoms with Gasteiger partial charge in [0.2, 0.25) is 0 Å². The first-order valence-electron chi connectivity index (χ1n) is 7.86. The molecule has 1 aromatic rings. The summed E-state index contributed by atoms with van der Waals surface area (Å²) in [5.41, 5.74) is 2.98. The van der Waals surface area contributed by atoms with Crippen molar-refractivity contribution in [2.24, 2.45) is 5.92 Å². The maximum absolute atomic E-state index is 5.90. The lowest BCUT2D eigenvalue weighted by Crippen LogP contribution is -2.24. The van der Waals surface area contributed by atoms with Crippen LogP contribution in [0.4, 0.5) is 0 Å². The van der Waals surface area contributed by atoms with Crippen molar-refractivity contribution in [2.75, 3.05) is 13.2 Å². The fourth-order valence-electron chi connectivity index (χ4n) is 3.09. The van der Waals surface area contributed by atoms with E-state index in [1.807, 2.05) is 0 Å². The van der Waals surface area contributed by atoms with Crippen LogP contribution >= 0.6 is 0 Å². The van der Waals surface area contributed by atoms with E-state index in [-0.39, 0.29) is 0 Å². The van der Waals surface area contributed by atoms with Gasteiger partial charge in [-0.25, -0.2) is 0 Å². The predicted octanol–water partition coefficient (Wildman–Crippen LogP) is 3.85. The first kappa shape index (κ1) is 13.0. The molecule has 3 rings (SSSR count). The van der Waals surface area contributed by atoms with Gasteiger partial charge in [0.15, 0.2) is 0 Å². The second kappa shape index (κ2) is 5.96. The molecule has 1 N–H and O–H groups in total. The zero-order chi connectivity index (χ0) is 13.1. The highest BCUT2D eigenvalue weighted by Gasteiger charge is 2.21. The molecule has 0 heterocycles. The lowest BCUT2D eigenvalue weighted by Gasteiger charge is -2.26. The van der Waals surface area contributed by atoms with Gasteiger partial charge in [-0.3, -0.25) is 0 Å². The normalized spacial score (nSPS) is 22.1. The molecular formula is C17H25NO. The fourth-order valence-corrected chi connectivity index (χ4v) is 3.09. The number of hydrogen-bond donors (Lipinski definition) is 1. The number of hydrogen-bond acceptors (Lipinski definition) is 2. The standard InChI is InChI=1S/C17H25NO/c1-2-18-17-5-3-4-14-12-15(8-9-16(14)17)19-11-10-13-6-7-13/h8-9,12-13,17-18H,2-7,10-11H2,1H3. The molecule has 104 valence electrons. The molecule has 0 aromatic heterocycles. The summed E-state index contributed by atoms with van der Waals surface area (Å²) in [5.74, 6) is 2.02. The summed E-state index contributed by atoms with van der Waals surface area (Å²) < 4.78 is 5.90. The molecule has 19 heavy (non-hydrogen) atoms. The third kappa shape index (κ3) is 3.30. The van der Waals surface area contributed by atoms with E-state index in [4.69, 9.17) is 4.74 Å². The Kier molecular flexibility index (Phi) is 4.07. The van der Waals surface area contributed by atoms with E-state index in [1.165, 1.54) is 49.7 Å². The second-order valence-corrected chi connectivity index (χ2v) is 5.94. The van der Waals surface area contributed by atoms with Crippen molar-refractivity contribution in [3.63, 3.8) is 0 Å². The fraction of sp³-hybridized carbons (Fsp3) is 0.647. The van der Waals surface area contributed by atoms with Crippen LogP contribution in [0, 0.1) is 5.92 Å². The first-order valence-corrected chi connectivity index (χ1v) is 7.86. The van der Waals surface area contributed by atoms with E-state index in [2.05, 4.69) is 30.4 Å². The van der Waals surface area contributed by atoms with Crippen LogP contribution in [0.15, 0.2) is 18.2 Å². The SMILES string of the molecule is CCNC1CCCc2cc(OCCC3CC3)ccc21. The van der Waals surface area contributed by atoms with Crippen molar-refractivity contribution < 1.29 is 4.74 Å². The van der Waals surface area contributed by atoms with Crippen LogP contribution in [0.25, 0.3) is 0 Å². The van der Waals surface area contributed by atoms with E-state index >= 15 is 0 Å². The molecule has 1 atom stereocenters. The molecule has 0 spiro atoms. The number of ether oxygens (including phenoxy) is 1. The van der Waals surface area contributed by atoms with Crippen molar-refractivity contribution in [3.05, 3.63) is 29.3 Å².